The number of phenolic OH excluding ortho intramolecular Hbond substituents is 2. The molecule has 35 heavy (non-hydrogen) atoms. The molecule has 2 aromatic heterocycles. The van der Waals surface area contributed by atoms with Gasteiger partial charge in [-0.15, -0.1) is 0 Å². The van der Waals surface area contributed by atoms with E-state index in [-0.39, 0.29) is 11.5 Å². The number of nitrogens with zero attached hydrogens (tertiary/aromatic N) is 2. The molecule has 0 spiro atoms. The highest BCUT2D eigenvalue weighted by atomic mass is 16.4. The van der Waals surface area contributed by atoms with Gasteiger partial charge in [-0.3, -0.25) is 0 Å². The number of hydrogen-bond donors (Lipinski definition) is 2. The van der Waals surface area contributed by atoms with Gasteiger partial charge < -0.3 is 19.0 Å². The Balaban J connectivity index is 1.34. The van der Waals surface area contributed by atoms with Crippen molar-refractivity contribution in [2.45, 2.75) is 20.3 Å². The van der Waals surface area contributed by atoms with Crippen molar-refractivity contribution in [3.05, 3.63) is 95.1 Å². The first kappa shape index (κ1) is 21.0. The molecule has 2 heterocycles. The van der Waals surface area contributed by atoms with E-state index in [1.165, 1.54) is 0 Å². The molecule has 0 atom stereocenters. The second-order valence-corrected chi connectivity index (χ2v) is 8.86. The van der Waals surface area contributed by atoms with Gasteiger partial charge >= 0.3 is 0 Å². The van der Waals surface area contributed by atoms with E-state index in [9.17, 15) is 10.2 Å². The van der Waals surface area contributed by atoms with E-state index in [1.807, 2.05) is 74.5 Å². The number of phenols is 2. The predicted octanol–water partition coefficient (Wildman–Crippen LogP) is 6.92. The Morgan fingerprint density at radius 2 is 1.06 bits per heavy atom. The van der Waals surface area contributed by atoms with Crippen LogP contribution in [0.4, 0.5) is 0 Å². The summed E-state index contributed by atoms with van der Waals surface area (Å²) < 4.78 is 11.8. The largest absolute Gasteiger partial charge is 0.507 e. The summed E-state index contributed by atoms with van der Waals surface area (Å²) in [5, 5.41) is 21.0. The van der Waals surface area contributed by atoms with Crippen molar-refractivity contribution in [2.75, 3.05) is 0 Å². The minimum Gasteiger partial charge on any atom is -0.507 e. The molecule has 6 aromatic rings. The summed E-state index contributed by atoms with van der Waals surface area (Å²) in [4.78, 5) is 9.13. The Morgan fingerprint density at radius 1 is 0.600 bits per heavy atom. The first-order valence-corrected chi connectivity index (χ1v) is 11.3. The smallest absolute Gasteiger partial charge is 0.231 e. The fraction of sp³-hybridized carbons (Fsp3) is 0.103. The average Bonchev–Trinajstić information content (AvgIpc) is 3.44. The third-order valence-corrected chi connectivity index (χ3v) is 6.08. The molecule has 0 aliphatic rings. The Labute approximate surface area is 201 Å². The molecule has 6 rings (SSSR count). The maximum absolute atomic E-state index is 10.5. The monoisotopic (exact) mass is 462 g/mol. The van der Waals surface area contributed by atoms with Gasteiger partial charge in [0.25, 0.3) is 0 Å². The number of oxazole rings is 2. The first-order chi connectivity index (χ1) is 16.9. The third kappa shape index (κ3) is 3.89. The van der Waals surface area contributed by atoms with Gasteiger partial charge in [-0.25, -0.2) is 9.97 Å². The van der Waals surface area contributed by atoms with E-state index in [1.54, 1.807) is 12.1 Å². The summed E-state index contributed by atoms with van der Waals surface area (Å²) in [6.07, 6.45) is 0.569. The second kappa shape index (κ2) is 8.02. The molecule has 0 amide bonds. The van der Waals surface area contributed by atoms with Gasteiger partial charge in [0.05, 0.1) is 11.1 Å². The summed E-state index contributed by atoms with van der Waals surface area (Å²) in [5.74, 6) is 0.951. The van der Waals surface area contributed by atoms with Gasteiger partial charge in [0.2, 0.25) is 11.8 Å². The van der Waals surface area contributed by atoms with Crippen LogP contribution in [0.25, 0.3) is 45.1 Å². The number of fused-ring (bicyclic) bond motifs is 2. The number of hydrogen-bond acceptors (Lipinski definition) is 6. The molecule has 2 N–H and O–H groups in total. The van der Waals surface area contributed by atoms with Crippen LogP contribution >= 0.6 is 0 Å². The normalized spacial score (nSPS) is 11.5. The lowest BCUT2D eigenvalue weighted by atomic mass is 10.00. The lowest BCUT2D eigenvalue weighted by Gasteiger charge is -2.08. The summed E-state index contributed by atoms with van der Waals surface area (Å²) >= 11 is 0. The molecule has 0 saturated carbocycles. The van der Waals surface area contributed by atoms with Gasteiger partial charge in [-0.1, -0.05) is 24.3 Å². The summed E-state index contributed by atoms with van der Waals surface area (Å²) in [6.45, 7) is 4.00. The average molecular weight is 463 g/mol. The molecule has 6 nitrogen and oxygen atoms in total. The van der Waals surface area contributed by atoms with Crippen LogP contribution in [0.2, 0.25) is 0 Å². The van der Waals surface area contributed by atoms with Crippen molar-refractivity contribution in [1.29, 1.82) is 0 Å². The molecule has 0 fully saturated rings. The van der Waals surface area contributed by atoms with Crippen molar-refractivity contribution in [3.8, 4) is 34.4 Å². The fourth-order valence-corrected chi connectivity index (χ4v) is 4.27. The number of aromatic hydroxyl groups is 2. The maximum atomic E-state index is 10.5. The van der Waals surface area contributed by atoms with Crippen LogP contribution in [-0.2, 0) is 6.42 Å². The second-order valence-electron chi connectivity index (χ2n) is 8.86. The van der Waals surface area contributed by atoms with Crippen molar-refractivity contribution in [3.63, 3.8) is 0 Å². The topological polar surface area (TPSA) is 92.5 Å². The van der Waals surface area contributed by atoms with Crippen LogP contribution < -0.4 is 0 Å². The number of benzene rings is 4. The van der Waals surface area contributed by atoms with Gasteiger partial charge in [0.15, 0.2) is 11.2 Å². The predicted molar refractivity (Wildman–Crippen MR) is 134 cm³/mol. The quantitative estimate of drug-likeness (QED) is 0.295. The van der Waals surface area contributed by atoms with E-state index in [2.05, 4.69) is 9.97 Å². The molecule has 172 valence electrons. The number of aryl methyl sites for hydroxylation is 2. The number of rotatable bonds is 4. The van der Waals surface area contributed by atoms with Crippen LogP contribution in [0, 0.1) is 13.8 Å². The highest BCUT2D eigenvalue weighted by Crippen LogP contribution is 2.35. The van der Waals surface area contributed by atoms with E-state index >= 15 is 0 Å². The van der Waals surface area contributed by atoms with Crippen molar-refractivity contribution < 1.29 is 19.0 Å². The van der Waals surface area contributed by atoms with Gasteiger partial charge in [-0.05, 0) is 91.1 Å². The van der Waals surface area contributed by atoms with Gasteiger partial charge in [0, 0.05) is 0 Å². The van der Waals surface area contributed by atoms with Crippen LogP contribution in [0.15, 0.2) is 81.6 Å². The summed E-state index contributed by atoms with van der Waals surface area (Å²) in [7, 11) is 0. The minimum absolute atomic E-state index is 0.102. The maximum Gasteiger partial charge on any atom is 0.231 e. The Bertz CT molecular complexity index is 1600. The molecular formula is C29H22N2O4. The fourth-order valence-electron chi connectivity index (χ4n) is 4.27. The Kier molecular flexibility index (Phi) is 4.81. The van der Waals surface area contributed by atoms with E-state index in [0.717, 1.165) is 33.3 Å². The highest BCUT2D eigenvalue weighted by molar-refractivity contribution is 5.79. The molecular weight excluding hydrogens is 440 g/mol. The van der Waals surface area contributed by atoms with Crippen molar-refractivity contribution in [1.82, 2.24) is 9.97 Å². The third-order valence-electron chi connectivity index (χ3n) is 6.08. The molecule has 0 aliphatic heterocycles. The summed E-state index contributed by atoms with van der Waals surface area (Å²) in [5.41, 5.74) is 8.01. The van der Waals surface area contributed by atoms with Crippen molar-refractivity contribution >= 4 is 22.2 Å². The van der Waals surface area contributed by atoms with Crippen LogP contribution in [0.3, 0.4) is 0 Å². The lowest BCUT2D eigenvalue weighted by Crippen LogP contribution is -1.91. The zero-order chi connectivity index (χ0) is 24.1. The van der Waals surface area contributed by atoms with Crippen LogP contribution in [0.5, 0.6) is 11.5 Å². The molecule has 0 unspecified atom stereocenters. The Hall–Kier alpha value is -4.58. The lowest BCUT2D eigenvalue weighted by molar-refractivity contribution is 0.473. The van der Waals surface area contributed by atoms with Gasteiger partial charge in [-0.2, -0.15) is 0 Å². The molecule has 6 heteroatoms. The Morgan fingerprint density at radius 3 is 1.51 bits per heavy atom. The SMILES string of the molecule is Cc1ccc2oc(-c3cc(Cc4ccc(O)c(-c5nc6cc(C)ccc6o5)c4)ccc3O)nc2c1. The number of aromatic nitrogens is 2. The zero-order valence-corrected chi connectivity index (χ0v) is 19.2. The zero-order valence-electron chi connectivity index (χ0n) is 19.2. The van der Waals surface area contributed by atoms with E-state index < -0.39 is 0 Å². The van der Waals surface area contributed by atoms with Crippen LogP contribution in [-0.4, -0.2) is 20.2 Å². The van der Waals surface area contributed by atoms with Gasteiger partial charge in [0.1, 0.15) is 22.5 Å². The van der Waals surface area contributed by atoms with Crippen molar-refractivity contribution in [2.24, 2.45) is 0 Å². The highest BCUT2D eigenvalue weighted by Gasteiger charge is 2.16. The molecule has 0 radical (unpaired) electrons. The minimum atomic E-state index is 0.102. The standard InChI is InChI=1S/C29H22N2O4/c1-16-3-9-26-22(11-16)30-28(34-26)20-14-18(5-7-24(20)32)13-19-6-8-25(33)21(15-19)29-31-23-12-17(2)4-10-27(23)35-29/h3-12,14-15,32-33H,13H2,1-2H3. The molecule has 0 bridgehead atoms. The molecule has 0 aliphatic carbocycles. The first-order valence-electron chi connectivity index (χ1n) is 11.3. The van der Waals surface area contributed by atoms with Crippen LogP contribution in [0.1, 0.15) is 22.3 Å². The molecule has 4 aromatic carbocycles. The molecule has 0 saturated heterocycles. The van der Waals surface area contributed by atoms with E-state index in [0.29, 0.717) is 40.5 Å². The summed E-state index contributed by atoms with van der Waals surface area (Å²) in [6, 6.07) is 22.4. The van der Waals surface area contributed by atoms with E-state index in [4.69, 9.17) is 8.83 Å².